The van der Waals surface area contributed by atoms with Crippen LogP contribution in [0, 0.1) is 6.92 Å². The second-order valence-corrected chi connectivity index (χ2v) is 10.3. The van der Waals surface area contributed by atoms with Crippen molar-refractivity contribution in [1.82, 2.24) is 19.8 Å². The lowest BCUT2D eigenvalue weighted by atomic mass is 9.67. The fraction of sp³-hybridized carbons (Fsp3) is 0.556. The van der Waals surface area contributed by atoms with Crippen LogP contribution in [0.5, 0.6) is 0 Å². The Bertz CT molecular complexity index is 1010. The van der Waals surface area contributed by atoms with Crippen LogP contribution in [0.3, 0.4) is 0 Å². The van der Waals surface area contributed by atoms with Crippen LogP contribution in [0.1, 0.15) is 79.4 Å². The van der Waals surface area contributed by atoms with Crippen molar-refractivity contribution in [2.75, 3.05) is 27.2 Å². The number of likely N-dealkylation sites (tertiary alicyclic amines) is 1. The van der Waals surface area contributed by atoms with Gasteiger partial charge >= 0.3 is 0 Å². The maximum absolute atomic E-state index is 14.2. The van der Waals surface area contributed by atoms with Crippen molar-refractivity contribution in [2.24, 2.45) is 0 Å². The molecule has 6 nitrogen and oxygen atoms in total. The highest BCUT2D eigenvalue weighted by Crippen LogP contribution is 2.43. The Morgan fingerprint density at radius 3 is 2.33 bits per heavy atom. The van der Waals surface area contributed by atoms with Gasteiger partial charge in [-0.1, -0.05) is 56.5 Å². The van der Waals surface area contributed by atoms with Gasteiger partial charge in [0.05, 0.1) is 5.41 Å². The molecule has 0 N–H and O–H groups in total. The molecular weight excluding hydrogens is 412 g/mol. The van der Waals surface area contributed by atoms with Crippen molar-refractivity contribution in [3.63, 3.8) is 0 Å². The largest absolute Gasteiger partial charge is 0.343 e. The quantitative estimate of drug-likeness (QED) is 0.701. The van der Waals surface area contributed by atoms with Gasteiger partial charge in [-0.15, -0.1) is 0 Å². The molecule has 176 valence electrons. The van der Waals surface area contributed by atoms with Crippen LogP contribution in [0.2, 0.25) is 0 Å². The Labute approximate surface area is 197 Å². The highest BCUT2D eigenvalue weighted by molar-refractivity contribution is 5.92. The molecule has 0 radical (unpaired) electrons. The van der Waals surface area contributed by atoms with E-state index in [1.165, 1.54) is 11.3 Å². The van der Waals surface area contributed by atoms with E-state index in [0.717, 1.165) is 56.3 Å². The van der Waals surface area contributed by atoms with E-state index < -0.39 is 5.41 Å². The van der Waals surface area contributed by atoms with Crippen molar-refractivity contribution in [2.45, 2.75) is 69.6 Å². The number of rotatable bonds is 4. The first-order chi connectivity index (χ1) is 15.7. The van der Waals surface area contributed by atoms with E-state index in [-0.39, 0.29) is 17.2 Å². The lowest BCUT2D eigenvalue weighted by Crippen LogP contribution is -2.54. The lowest BCUT2D eigenvalue weighted by molar-refractivity contribution is -0.141. The van der Waals surface area contributed by atoms with Crippen molar-refractivity contribution in [3.8, 4) is 0 Å². The molecule has 0 bridgehead atoms. The number of amides is 2. The summed E-state index contributed by atoms with van der Waals surface area (Å²) in [5.74, 6) is 0.790. The maximum Gasteiger partial charge on any atom is 0.272 e. The molecular formula is C27H36N4O2. The minimum absolute atomic E-state index is 0.126. The van der Waals surface area contributed by atoms with Gasteiger partial charge in [0.1, 0.15) is 11.5 Å². The van der Waals surface area contributed by atoms with E-state index in [1.54, 1.807) is 20.2 Å². The topological polar surface area (TPSA) is 66.4 Å². The van der Waals surface area contributed by atoms with Gasteiger partial charge in [0.25, 0.3) is 5.91 Å². The molecule has 1 aromatic carbocycles. The summed E-state index contributed by atoms with van der Waals surface area (Å²) >= 11 is 0. The van der Waals surface area contributed by atoms with Crippen molar-refractivity contribution < 1.29 is 9.59 Å². The second-order valence-electron chi connectivity index (χ2n) is 10.3. The van der Waals surface area contributed by atoms with Gasteiger partial charge in [0.15, 0.2) is 0 Å². The number of benzene rings is 1. The first kappa shape index (κ1) is 23.4. The summed E-state index contributed by atoms with van der Waals surface area (Å²) in [6.07, 6.45) is 6.98. The van der Waals surface area contributed by atoms with Gasteiger partial charge < -0.3 is 9.80 Å². The van der Waals surface area contributed by atoms with Gasteiger partial charge in [-0.3, -0.25) is 9.59 Å². The summed E-state index contributed by atoms with van der Waals surface area (Å²) < 4.78 is 0. The maximum atomic E-state index is 14.2. The Balaban J connectivity index is 1.65. The van der Waals surface area contributed by atoms with Crippen LogP contribution < -0.4 is 0 Å². The summed E-state index contributed by atoms with van der Waals surface area (Å²) in [5, 5.41) is 0. The summed E-state index contributed by atoms with van der Waals surface area (Å²) in [6.45, 7) is 5.39. The molecule has 6 heteroatoms. The highest BCUT2D eigenvalue weighted by atomic mass is 16.2. The molecule has 1 aliphatic heterocycles. The number of hydrogen-bond donors (Lipinski definition) is 0. The number of aromatic nitrogens is 2. The number of carbonyl (C=O) groups is 2. The average Bonchev–Trinajstić information content (AvgIpc) is 2.83. The second kappa shape index (κ2) is 9.24. The number of aryl methyl sites for hydroxylation is 1. The van der Waals surface area contributed by atoms with Crippen LogP contribution >= 0.6 is 0 Å². The third-order valence-electron chi connectivity index (χ3n) is 7.45. The van der Waals surface area contributed by atoms with Gasteiger partial charge in [0, 0.05) is 38.3 Å². The summed E-state index contributed by atoms with van der Waals surface area (Å²) in [7, 11) is 3.46. The Morgan fingerprint density at radius 2 is 1.67 bits per heavy atom. The van der Waals surface area contributed by atoms with Crippen LogP contribution in [-0.4, -0.2) is 58.8 Å². The molecule has 1 saturated heterocycles. The Morgan fingerprint density at radius 1 is 0.970 bits per heavy atom. The molecule has 0 spiro atoms. The SMILES string of the molecule is Cc1cc(C(=O)N(C)C)nc([C@@]2(C)CCCN(C(=O)C3(c4ccccc4)CCCCC3)C2)n1. The molecule has 2 amide bonds. The Hall–Kier alpha value is -2.76. The molecule has 1 aliphatic carbocycles. The molecule has 2 aromatic rings. The van der Waals surface area contributed by atoms with Gasteiger partial charge in [-0.2, -0.15) is 0 Å². The zero-order chi connectivity index (χ0) is 23.6. The van der Waals surface area contributed by atoms with Gasteiger partial charge in [0.2, 0.25) is 5.91 Å². The highest BCUT2D eigenvalue weighted by Gasteiger charge is 2.46. The normalized spacial score (nSPS) is 22.6. The van der Waals surface area contributed by atoms with E-state index in [9.17, 15) is 9.59 Å². The number of piperidine rings is 1. The summed E-state index contributed by atoms with van der Waals surface area (Å²) in [5.41, 5.74) is 1.53. The molecule has 33 heavy (non-hydrogen) atoms. The fourth-order valence-electron chi connectivity index (χ4n) is 5.61. The average molecular weight is 449 g/mol. The zero-order valence-electron chi connectivity index (χ0n) is 20.4. The number of nitrogens with zero attached hydrogens (tertiary/aromatic N) is 4. The Kier molecular flexibility index (Phi) is 6.55. The van der Waals surface area contributed by atoms with E-state index in [0.29, 0.717) is 18.1 Å². The van der Waals surface area contributed by atoms with Crippen LogP contribution in [0.15, 0.2) is 36.4 Å². The van der Waals surface area contributed by atoms with E-state index in [1.807, 2.05) is 25.1 Å². The minimum Gasteiger partial charge on any atom is -0.343 e. The van der Waals surface area contributed by atoms with Crippen molar-refractivity contribution >= 4 is 11.8 Å². The smallest absolute Gasteiger partial charge is 0.272 e. The van der Waals surface area contributed by atoms with E-state index >= 15 is 0 Å². The van der Waals surface area contributed by atoms with E-state index in [2.05, 4.69) is 24.0 Å². The van der Waals surface area contributed by atoms with Crippen LogP contribution in [0.4, 0.5) is 0 Å². The molecule has 1 aromatic heterocycles. The standard InChI is InChI=1S/C27H36N4O2/c1-20-18-22(23(32)30(3)4)29-24(28-20)26(2)14-11-17-31(19-26)25(33)27(15-9-6-10-16-27)21-12-7-5-8-13-21/h5,7-8,12-13,18H,6,9-11,14-17,19H2,1-4H3/t26-/m0/s1. The summed E-state index contributed by atoms with van der Waals surface area (Å²) in [4.78, 5) is 39.8. The molecule has 2 aliphatic rings. The number of carbonyl (C=O) groups excluding carboxylic acids is 2. The molecule has 2 fully saturated rings. The van der Waals surface area contributed by atoms with Gasteiger partial charge in [-0.25, -0.2) is 9.97 Å². The zero-order valence-corrected chi connectivity index (χ0v) is 20.4. The molecule has 4 rings (SSSR count). The first-order valence-corrected chi connectivity index (χ1v) is 12.2. The number of hydrogen-bond acceptors (Lipinski definition) is 4. The van der Waals surface area contributed by atoms with Gasteiger partial charge in [-0.05, 0) is 44.2 Å². The van der Waals surface area contributed by atoms with E-state index in [4.69, 9.17) is 9.97 Å². The lowest BCUT2D eigenvalue weighted by Gasteiger charge is -2.45. The fourth-order valence-corrected chi connectivity index (χ4v) is 5.61. The predicted octanol–water partition coefficient (Wildman–Crippen LogP) is 4.27. The molecule has 2 heterocycles. The third kappa shape index (κ3) is 4.53. The molecule has 1 saturated carbocycles. The molecule has 1 atom stereocenters. The predicted molar refractivity (Wildman–Crippen MR) is 129 cm³/mol. The first-order valence-electron chi connectivity index (χ1n) is 12.2. The third-order valence-corrected chi connectivity index (χ3v) is 7.45. The summed E-state index contributed by atoms with van der Waals surface area (Å²) in [6, 6.07) is 12.1. The van der Waals surface area contributed by atoms with Crippen molar-refractivity contribution in [1.29, 1.82) is 0 Å². The monoisotopic (exact) mass is 448 g/mol. The van der Waals surface area contributed by atoms with Crippen LogP contribution in [-0.2, 0) is 15.6 Å². The van der Waals surface area contributed by atoms with Crippen molar-refractivity contribution in [3.05, 3.63) is 59.2 Å². The minimum atomic E-state index is -0.433. The van der Waals surface area contributed by atoms with Crippen LogP contribution in [0.25, 0.3) is 0 Å². The molecule has 0 unspecified atom stereocenters.